The van der Waals surface area contributed by atoms with Crippen molar-refractivity contribution in [3.8, 4) is 11.3 Å². The number of alkyl halides is 2. The van der Waals surface area contributed by atoms with E-state index in [1.165, 1.54) is 32.3 Å². The van der Waals surface area contributed by atoms with Crippen molar-refractivity contribution >= 4 is 34.0 Å². The SMILES string of the molecule is [C-]#[N+]c1ccc(F)c([C@H](Nc2c(Cl)cnc3cc(F)c(-c4cnc(C(C)(C)O)nc4)nc23)C(F)F)c1. The lowest BCUT2D eigenvalue weighted by Gasteiger charge is -2.22. The number of pyridine rings is 2. The molecule has 0 saturated heterocycles. The zero-order valence-electron chi connectivity index (χ0n) is 18.8. The van der Waals surface area contributed by atoms with Crippen LogP contribution in [0.4, 0.5) is 28.9 Å². The van der Waals surface area contributed by atoms with Gasteiger partial charge < -0.3 is 10.4 Å². The summed E-state index contributed by atoms with van der Waals surface area (Å²) in [4.78, 5) is 19.5. The molecule has 1 atom stereocenters. The summed E-state index contributed by atoms with van der Waals surface area (Å²) in [6.45, 7) is 10.1. The Morgan fingerprint density at radius 2 is 1.75 bits per heavy atom. The van der Waals surface area contributed by atoms with E-state index in [4.69, 9.17) is 18.2 Å². The Kier molecular flexibility index (Phi) is 6.75. The lowest BCUT2D eigenvalue weighted by Crippen LogP contribution is -2.21. The van der Waals surface area contributed by atoms with Gasteiger partial charge in [0.1, 0.15) is 28.7 Å². The van der Waals surface area contributed by atoms with Crippen LogP contribution in [0.5, 0.6) is 0 Å². The number of anilines is 1. The van der Waals surface area contributed by atoms with E-state index >= 15 is 0 Å². The molecule has 4 rings (SSSR count). The van der Waals surface area contributed by atoms with Crippen molar-refractivity contribution in [1.82, 2.24) is 19.9 Å². The number of aromatic nitrogens is 4. The van der Waals surface area contributed by atoms with Crippen molar-refractivity contribution in [1.29, 1.82) is 0 Å². The minimum Gasteiger partial charge on any atom is -0.382 e. The Bertz CT molecular complexity index is 1490. The summed E-state index contributed by atoms with van der Waals surface area (Å²) in [5, 5.41) is 12.4. The molecular formula is C24H17ClF4N6O. The van der Waals surface area contributed by atoms with Crippen LogP contribution in [-0.2, 0) is 5.60 Å². The van der Waals surface area contributed by atoms with Gasteiger partial charge in [0.05, 0.1) is 22.8 Å². The van der Waals surface area contributed by atoms with Gasteiger partial charge in [0.25, 0.3) is 6.43 Å². The number of benzene rings is 1. The number of nitrogens with zero attached hydrogens (tertiary/aromatic N) is 5. The first-order valence-electron chi connectivity index (χ1n) is 10.4. The molecular weight excluding hydrogens is 500 g/mol. The second kappa shape index (κ2) is 9.64. The monoisotopic (exact) mass is 516 g/mol. The molecule has 4 aromatic rings. The van der Waals surface area contributed by atoms with E-state index in [1.807, 2.05) is 0 Å². The van der Waals surface area contributed by atoms with E-state index in [0.717, 1.165) is 24.4 Å². The van der Waals surface area contributed by atoms with Crippen LogP contribution in [0.25, 0.3) is 27.1 Å². The van der Waals surface area contributed by atoms with Crippen molar-refractivity contribution in [2.75, 3.05) is 5.32 Å². The lowest BCUT2D eigenvalue weighted by molar-refractivity contribution is 0.0687. The van der Waals surface area contributed by atoms with Crippen LogP contribution in [-0.4, -0.2) is 31.5 Å². The minimum atomic E-state index is -3.11. The first-order valence-corrected chi connectivity index (χ1v) is 10.8. The van der Waals surface area contributed by atoms with Gasteiger partial charge in [-0.25, -0.2) is 37.4 Å². The van der Waals surface area contributed by atoms with Crippen molar-refractivity contribution < 1.29 is 22.7 Å². The van der Waals surface area contributed by atoms with Gasteiger partial charge in [-0.1, -0.05) is 17.7 Å². The molecule has 0 bridgehead atoms. The molecule has 0 spiro atoms. The van der Waals surface area contributed by atoms with Gasteiger partial charge in [-0.15, -0.1) is 0 Å². The fourth-order valence-corrected chi connectivity index (χ4v) is 3.64. The largest absolute Gasteiger partial charge is 0.382 e. The summed E-state index contributed by atoms with van der Waals surface area (Å²) in [7, 11) is 0. The number of halogens is 5. The third-order valence-corrected chi connectivity index (χ3v) is 5.50. The number of aliphatic hydroxyl groups is 1. The second-order valence-corrected chi connectivity index (χ2v) is 8.70. The maximum absolute atomic E-state index is 14.9. The number of rotatable bonds is 6. The Morgan fingerprint density at radius 3 is 2.36 bits per heavy atom. The highest BCUT2D eigenvalue weighted by atomic mass is 35.5. The van der Waals surface area contributed by atoms with Crippen LogP contribution >= 0.6 is 11.6 Å². The van der Waals surface area contributed by atoms with E-state index in [1.54, 1.807) is 0 Å². The molecule has 0 aliphatic carbocycles. The van der Waals surface area contributed by atoms with Crippen LogP contribution in [0, 0.1) is 18.2 Å². The summed E-state index contributed by atoms with van der Waals surface area (Å²) in [5.74, 6) is -1.63. The van der Waals surface area contributed by atoms with Gasteiger partial charge in [-0.3, -0.25) is 4.98 Å². The molecule has 0 saturated carbocycles. The molecule has 3 heterocycles. The molecule has 0 amide bonds. The van der Waals surface area contributed by atoms with Crippen LogP contribution in [0.2, 0.25) is 5.02 Å². The highest BCUT2D eigenvalue weighted by Gasteiger charge is 2.28. The quantitative estimate of drug-likeness (QED) is 0.234. The summed E-state index contributed by atoms with van der Waals surface area (Å²) in [6, 6.07) is 2.25. The van der Waals surface area contributed by atoms with Gasteiger partial charge >= 0.3 is 0 Å². The Morgan fingerprint density at radius 1 is 1.06 bits per heavy atom. The maximum Gasteiger partial charge on any atom is 0.262 e. The summed E-state index contributed by atoms with van der Waals surface area (Å²) in [6.07, 6.45) is 0.538. The lowest BCUT2D eigenvalue weighted by atomic mass is 10.0. The summed E-state index contributed by atoms with van der Waals surface area (Å²) < 4.78 is 57.5. The van der Waals surface area contributed by atoms with Crippen LogP contribution in [0.3, 0.4) is 0 Å². The van der Waals surface area contributed by atoms with Gasteiger partial charge in [0, 0.05) is 35.8 Å². The minimum absolute atomic E-state index is 0.000534. The average molecular weight is 517 g/mol. The molecule has 0 aliphatic rings. The first kappa shape index (κ1) is 25.2. The number of hydrogen-bond acceptors (Lipinski definition) is 6. The van der Waals surface area contributed by atoms with E-state index in [9.17, 15) is 22.7 Å². The predicted molar refractivity (Wildman–Crippen MR) is 126 cm³/mol. The second-order valence-electron chi connectivity index (χ2n) is 8.30. The smallest absolute Gasteiger partial charge is 0.262 e. The number of hydrogen-bond donors (Lipinski definition) is 2. The molecule has 3 aromatic heterocycles. The van der Waals surface area contributed by atoms with Crippen molar-refractivity contribution in [2.24, 2.45) is 0 Å². The zero-order valence-corrected chi connectivity index (χ0v) is 19.5. The highest BCUT2D eigenvalue weighted by Crippen LogP contribution is 2.37. The zero-order chi connectivity index (χ0) is 26.2. The number of nitrogens with one attached hydrogen (secondary N) is 1. The fourth-order valence-electron chi connectivity index (χ4n) is 3.44. The van der Waals surface area contributed by atoms with Gasteiger partial charge in [-0.2, -0.15) is 0 Å². The molecule has 36 heavy (non-hydrogen) atoms. The molecule has 0 radical (unpaired) electrons. The van der Waals surface area contributed by atoms with Gasteiger partial charge in [-0.05, 0) is 26.0 Å². The fraction of sp³-hybridized carbons (Fsp3) is 0.208. The topological polar surface area (TPSA) is 88.2 Å². The third kappa shape index (κ3) is 4.91. The molecule has 7 nitrogen and oxygen atoms in total. The Labute approximate surface area is 207 Å². The molecule has 0 fully saturated rings. The highest BCUT2D eigenvalue weighted by molar-refractivity contribution is 6.34. The molecule has 0 unspecified atom stereocenters. The van der Waals surface area contributed by atoms with E-state index in [2.05, 4.69) is 30.1 Å². The Hall–Kier alpha value is -3.88. The molecule has 0 aliphatic heterocycles. The van der Waals surface area contributed by atoms with Crippen molar-refractivity contribution in [3.05, 3.63) is 82.3 Å². The third-order valence-electron chi connectivity index (χ3n) is 5.22. The summed E-state index contributed by atoms with van der Waals surface area (Å²) in [5.41, 5.74) is -2.06. The number of fused-ring (bicyclic) bond motifs is 1. The predicted octanol–water partition coefficient (Wildman–Crippen LogP) is 6.21. The van der Waals surface area contributed by atoms with E-state index in [-0.39, 0.29) is 44.5 Å². The maximum atomic E-state index is 14.9. The van der Waals surface area contributed by atoms with E-state index < -0.39 is 35.3 Å². The van der Waals surface area contributed by atoms with Crippen LogP contribution in [0.1, 0.15) is 31.3 Å². The molecule has 2 N–H and O–H groups in total. The Balaban J connectivity index is 1.84. The van der Waals surface area contributed by atoms with Crippen molar-refractivity contribution in [3.63, 3.8) is 0 Å². The standard InChI is InChI=1S/C24H17ClF4N6O/c1-24(2,36)23-32-8-11(9-33-23)18-16(27)7-17-21(34-18)20(14(25)10-31-17)35-19(22(28)29)13-6-12(30-3)4-5-15(13)26/h4-10,19,22,36H,1-2H3,(H,31,35)/t19-/m0/s1. The first-order chi connectivity index (χ1) is 17.0. The normalized spacial score (nSPS) is 12.6. The molecule has 184 valence electrons. The van der Waals surface area contributed by atoms with Crippen LogP contribution < -0.4 is 5.32 Å². The molecule has 1 aromatic carbocycles. The summed E-state index contributed by atoms with van der Waals surface area (Å²) >= 11 is 6.25. The van der Waals surface area contributed by atoms with Gasteiger partial charge in [0.2, 0.25) is 0 Å². The van der Waals surface area contributed by atoms with Gasteiger partial charge in [0.15, 0.2) is 17.3 Å². The van der Waals surface area contributed by atoms with Crippen molar-refractivity contribution in [2.45, 2.75) is 31.9 Å². The van der Waals surface area contributed by atoms with E-state index in [0.29, 0.717) is 0 Å². The molecule has 12 heteroatoms. The average Bonchev–Trinajstić information content (AvgIpc) is 2.83. The van der Waals surface area contributed by atoms with Crippen LogP contribution in [0.15, 0.2) is 42.9 Å².